The number of carbonyl (C=O) groups excluding carboxylic acids is 1. The van der Waals surface area contributed by atoms with Gasteiger partial charge >= 0.3 is 6.61 Å². The molecule has 0 fully saturated rings. The number of benzene rings is 1. The zero-order valence-electron chi connectivity index (χ0n) is 13.4. The molecule has 130 valence electrons. The van der Waals surface area contributed by atoms with E-state index in [0.29, 0.717) is 11.0 Å². The lowest BCUT2D eigenvalue weighted by Gasteiger charge is -2.11. The summed E-state index contributed by atoms with van der Waals surface area (Å²) in [5.41, 5.74) is 0.231. The van der Waals surface area contributed by atoms with E-state index in [2.05, 4.69) is 34.1 Å². The topological polar surface area (TPSA) is 73.3 Å². The molecule has 1 heterocycles. The van der Waals surface area contributed by atoms with E-state index in [1.54, 1.807) is 0 Å². The van der Waals surface area contributed by atoms with Gasteiger partial charge in [0.05, 0.1) is 7.11 Å². The summed E-state index contributed by atoms with van der Waals surface area (Å²) in [6.07, 6.45) is 0.779. The lowest BCUT2D eigenvalue weighted by atomic mass is 10.1. The summed E-state index contributed by atoms with van der Waals surface area (Å²) in [4.78, 5) is 12.2. The van der Waals surface area contributed by atoms with E-state index in [1.807, 2.05) is 0 Å². The molecule has 0 saturated heterocycles. The number of hydrogen-bond acceptors (Lipinski definition) is 6. The van der Waals surface area contributed by atoms with Gasteiger partial charge in [0.25, 0.3) is 5.91 Å². The van der Waals surface area contributed by atoms with Crippen LogP contribution in [0.2, 0.25) is 0 Å². The van der Waals surface area contributed by atoms with Crippen LogP contribution in [0.3, 0.4) is 0 Å². The minimum absolute atomic E-state index is 0.0423. The van der Waals surface area contributed by atoms with Crippen LogP contribution in [0.25, 0.3) is 0 Å². The van der Waals surface area contributed by atoms with Crippen molar-refractivity contribution in [2.24, 2.45) is 5.92 Å². The molecule has 1 N–H and O–H groups in total. The zero-order valence-corrected chi connectivity index (χ0v) is 14.2. The van der Waals surface area contributed by atoms with E-state index in [1.165, 1.54) is 36.6 Å². The second-order valence-electron chi connectivity index (χ2n) is 5.30. The number of methoxy groups -OCH3 is 1. The van der Waals surface area contributed by atoms with Gasteiger partial charge in [-0.15, -0.1) is 10.2 Å². The van der Waals surface area contributed by atoms with Crippen LogP contribution >= 0.6 is 11.3 Å². The van der Waals surface area contributed by atoms with Crippen LogP contribution in [0.1, 0.15) is 29.2 Å². The Morgan fingerprint density at radius 3 is 2.67 bits per heavy atom. The number of aromatic nitrogens is 2. The van der Waals surface area contributed by atoms with Gasteiger partial charge < -0.3 is 9.47 Å². The molecule has 24 heavy (non-hydrogen) atoms. The van der Waals surface area contributed by atoms with Gasteiger partial charge in [-0.1, -0.05) is 25.2 Å². The van der Waals surface area contributed by atoms with E-state index in [9.17, 15) is 13.6 Å². The Kier molecular flexibility index (Phi) is 6.02. The predicted octanol–water partition coefficient (Wildman–Crippen LogP) is 3.60. The molecule has 0 aliphatic carbocycles. The maximum absolute atomic E-state index is 12.3. The number of hydrogen-bond donors (Lipinski definition) is 1. The van der Waals surface area contributed by atoms with Crippen molar-refractivity contribution in [2.45, 2.75) is 26.9 Å². The largest absolute Gasteiger partial charge is 0.493 e. The maximum Gasteiger partial charge on any atom is 0.387 e. The summed E-state index contributed by atoms with van der Waals surface area (Å²) >= 11 is 1.30. The van der Waals surface area contributed by atoms with Crippen LogP contribution in [0.15, 0.2) is 18.2 Å². The van der Waals surface area contributed by atoms with Crippen LogP contribution < -0.4 is 14.8 Å². The molecule has 0 radical (unpaired) electrons. The molecule has 1 amide bonds. The Hall–Kier alpha value is -2.29. The zero-order chi connectivity index (χ0) is 17.7. The molecule has 0 atom stereocenters. The van der Waals surface area contributed by atoms with E-state index in [4.69, 9.17) is 4.74 Å². The van der Waals surface area contributed by atoms with Crippen LogP contribution in [0.5, 0.6) is 11.5 Å². The van der Waals surface area contributed by atoms with Crippen LogP contribution in [-0.4, -0.2) is 29.8 Å². The highest BCUT2D eigenvalue weighted by molar-refractivity contribution is 7.15. The fraction of sp³-hybridized carbons (Fsp3) is 0.400. The molecule has 9 heteroatoms. The number of amides is 1. The van der Waals surface area contributed by atoms with Gasteiger partial charge in [-0.3, -0.25) is 10.1 Å². The third-order valence-electron chi connectivity index (χ3n) is 2.91. The first-order chi connectivity index (χ1) is 11.4. The molecule has 1 aromatic carbocycles. The van der Waals surface area contributed by atoms with Crippen LogP contribution in [0, 0.1) is 5.92 Å². The van der Waals surface area contributed by atoms with E-state index < -0.39 is 12.5 Å². The standard InChI is InChI=1S/C15H17F2N3O3S/c1-8(2)6-12-19-20-15(24-12)18-13(21)9-4-5-10(23-14(16)17)11(7-9)22-3/h4-5,7-8,14H,6H2,1-3H3,(H,18,20,21). The average Bonchev–Trinajstić information content (AvgIpc) is 2.93. The van der Waals surface area contributed by atoms with Crippen molar-refractivity contribution in [1.82, 2.24) is 10.2 Å². The summed E-state index contributed by atoms with van der Waals surface area (Å²) in [7, 11) is 1.30. The number of rotatable bonds is 7. The Morgan fingerprint density at radius 1 is 1.29 bits per heavy atom. The van der Waals surface area contributed by atoms with Crippen LogP contribution in [0.4, 0.5) is 13.9 Å². The highest BCUT2D eigenvalue weighted by atomic mass is 32.1. The Bertz CT molecular complexity index is 707. The van der Waals surface area contributed by atoms with Crippen molar-refractivity contribution < 1.29 is 23.0 Å². The van der Waals surface area contributed by atoms with Crippen molar-refractivity contribution >= 4 is 22.4 Å². The van der Waals surface area contributed by atoms with Gasteiger partial charge in [0.1, 0.15) is 5.01 Å². The number of nitrogens with zero attached hydrogens (tertiary/aromatic N) is 2. The molecule has 0 unspecified atom stereocenters. The maximum atomic E-state index is 12.3. The summed E-state index contributed by atoms with van der Waals surface area (Å²) in [5.74, 6) is -0.0998. The Labute approximate surface area is 141 Å². The highest BCUT2D eigenvalue weighted by Crippen LogP contribution is 2.30. The molecular weight excluding hydrogens is 340 g/mol. The first-order valence-electron chi connectivity index (χ1n) is 7.15. The fourth-order valence-electron chi connectivity index (χ4n) is 1.91. The molecule has 2 aromatic rings. The Balaban J connectivity index is 2.10. The second kappa shape index (κ2) is 8.00. The number of ether oxygens (including phenoxy) is 2. The minimum Gasteiger partial charge on any atom is -0.493 e. The van der Waals surface area contributed by atoms with Gasteiger partial charge in [-0.25, -0.2) is 0 Å². The molecule has 0 aliphatic heterocycles. The van der Waals surface area contributed by atoms with Crippen LogP contribution in [-0.2, 0) is 6.42 Å². The van der Waals surface area contributed by atoms with E-state index >= 15 is 0 Å². The van der Waals surface area contributed by atoms with Gasteiger partial charge in [-0.2, -0.15) is 8.78 Å². The van der Waals surface area contributed by atoms with Crippen molar-refractivity contribution in [1.29, 1.82) is 0 Å². The van der Waals surface area contributed by atoms with Crippen molar-refractivity contribution in [3.05, 3.63) is 28.8 Å². The average molecular weight is 357 g/mol. The third kappa shape index (κ3) is 4.85. The quantitative estimate of drug-likeness (QED) is 0.820. The first kappa shape index (κ1) is 18.1. The lowest BCUT2D eigenvalue weighted by molar-refractivity contribution is -0.0512. The number of carbonyl (C=O) groups is 1. The monoisotopic (exact) mass is 357 g/mol. The van der Waals surface area contributed by atoms with Gasteiger partial charge in [0, 0.05) is 12.0 Å². The highest BCUT2D eigenvalue weighted by Gasteiger charge is 2.16. The van der Waals surface area contributed by atoms with E-state index in [-0.39, 0.29) is 17.1 Å². The predicted molar refractivity (Wildman–Crippen MR) is 86.0 cm³/mol. The molecule has 0 aliphatic rings. The summed E-state index contributed by atoms with van der Waals surface area (Å²) < 4.78 is 33.9. The van der Waals surface area contributed by atoms with Crippen molar-refractivity contribution in [3.8, 4) is 11.5 Å². The SMILES string of the molecule is COc1cc(C(=O)Nc2nnc(CC(C)C)s2)ccc1OC(F)F. The molecule has 2 rings (SSSR count). The fourth-order valence-corrected chi connectivity index (χ4v) is 2.85. The van der Waals surface area contributed by atoms with Crippen molar-refractivity contribution in [2.75, 3.05) is 12.4 Å². The molecular formula is C15H17F2N3O3S. The molecule has 0 bridgehead atoms. The Morgan fingerprint density at radius 2 is 2.04 bits per heavy atom. The molecule has 1 aromatic heterocycles. The summed E-state index contributed by atoms with van der Waals surface area (Å²) in [5, 5.41) is 11.8. The first-order valence-corrected chi connectivity index (χ1v) is 7.97. The van der Waals surface area contributed by atoms with Gasteiger partial charge in [0.15, 0.2) is 11.5 Å². The lowest BCUT2D eigenvalue weighted by Crippen LogP contribution is -2.12. The minimum atomic E-state index is -2.97. The summed E-state index contributed by atoms with van der Waals surface area (Å²) in [6, 6.07) is 3.94. The number of alkyl halides is 2. The number of anilines is 1. The third-order valence-corrected chi connectivity index (χ3v) is 3.77. The number of halogens is 2. The smallest absolute Gasteiger partial charge is 0.387 e. The molecule has 0 saturated carbocycles. The van der Waals surface area contributed by atoms with E-state index in [0.717, 1.165) is 11.4 Å². The number of nitrogens with one attached hydrogen (secondary N) is 1. The molecule has 6 nitrogen and oxygen atoms in total. The summed E-state index contributed by atoms with van der Waals surface area (Å²) in [6.45, 7) is 1.16. The van der Waals surface area contributed by atoms with Crippen molar-refractivity contribution in [3.63, 3.8) is 0 Å². The second-order valence-corrected chi connectivity index (χ2v) is 6.36. The normalized spacial score (nSPS) is 11.0. The molecule has 0 spiro atoms. The van der Waals surface area contributed by atoms with Gasteiger partial charge in [0.2, 0.25) is 5.13 Å². The van der Waals surface area contributed by atoms with Gasteiger partial charge in [-0.05, 0) is 24.1 Å².